The first-order chi connectivity index (χ1) is 8.58. The molecular formula is C14H18BrClN2. The Morgan fingerprint density at radius 2 is 2.17 bits per heavy atom. The smallest absolute Gasteiger partial charge is 0.0642 e. The molecule has 0 bridgehead atoms. The standard InChI is InChI=1S/C14H18BrClN2/c1-11(2)10-18(7-3-6-17)14-5-4-12(9-15)8-13(14)16/h4-5,8,11H,3,7,9-10H2,1-2H3. The Labute approximate surface area is 123 Å². The fourth-order valence-corrected chi connectivity index (χ4v) is 2.50. The minimum Gasteiger partial charge on any atom is -0.369 e. The maximum atomic E-state index is 8.73. The highest BCUT2D eigenvalue weighted by molar-refractivity contribution is 9.08. The van der Waals surface area contributed by atoms with Gasteiger partial charge in [-0.3, -0.25) is 0 Å². The first-order valence-corrected chi connectivity index (χ1v) is 7.54. The Morgan fingerprint density at radius 3 is 2.67 bits per heavy atom. The molecule has 0 unspecified atom stereocenters. The minimum absolute atomic E-state index is 0.517. The van der Waals surface area contributed by atoms with E-state index in [1.54, 1.807) is 0 Å². The summed E-state index contributed by atoms with van der Waals surface area (Å²) in [4.78, 5) is 2.19. The molecule has 0 fully saturated rings. The van der Waals surface area contributed by atoms with E-state index in [-0.39, 0.29) is 0 Å². The maximum Gasteiger partial charge on any atom is 0.0642 e. The number of benzene rings is 1. The van der Waals surface area contributed by atoms with E-state index in [2.05, 4.69) is 46.8 Å². The molecule has 4 heteroatoms. The molecule has 0 spiro atoms. The predicted octanol–water partition coefficient (Wildman–Crippen LogP) is 4.61. The summed E-state index contributed by atoms with van der Waals surface area (Å²) in [6.07, 6.45) is 0.517. The van der Waals surface area contributed by atoms with Crippen LogP contribution in [0, 0.1) is 17.2 Å². The van der Waals surface area contributed by atoms with Crippen molar-refractivity contribution in [2.45, 2.75) is 25.6 Å². The van der Waals surface area contributed by atoms with Gasteiger partial charge >= 0.3 is 0 Å². The van der Waals surface area contributed by atoms with Gasteiger partial charge in [-0.2, -0.15) is 5.26 Å². The average Bonchev–Trinajstić information content (AvgIpc) is 2.34. The van der Waals surface area contributed by atoms with Crippen molar-refractivity contribution in [3.63, 3.8) is 0 Å². The molecular weight excluding hydrogens is 312 g/mol. The van der Waals surface area contributed by atoms with Gasteiger partial charge in [0.1, 0.15) is 0 Å². The number of anilines is 1. The quantitative estimate of drug-likeness (QED) is 0.713. The first kappa shape index (κ1) is 15.3. The van der Waals surface area contributed by atoms with Crippen LogP contribution >= 0.6 is 27.5 Å². The number of rotatable bonds is 6. The second-order valence-corrected chi connectivity index (χ2v) is 5.64. The van der Waals surface area contributed by atoms with Crippen molar-refractivity contribution in [3.05, 3.63) is 28.8 Å². The second-order valence-electron chi connectivity index (χ2n) is 4.67. The Hall–Kier alpha value is -0.720. The SMILES string of the molecule is CC(C)CN(CCC#N)c1ccc(CBr)cc1Cl. The van der Waals surface area contributed by atoms with Gasteiger partial charge in [0.25, 0.3) is 0 Å². The molecule has 0 saturated carbocycles. The molecule has 0 amide bonds. The van der Waals surface area contributed by atoms with Gasteiger partial charge in [-0.1, -0.05) is 47.4 Å². The molecule has 0 N–H and O–H groups in total. The van der Waals surface area contributed by atoms with Crippen molar-refractivity contribution in [1.29, 1.82) is 5.26 Å². The highest BCUT2D eigenvalue weighted by atomic mass is 79.9. The van der Waals surface area contributed by atoms with Crippen LogP contribution in [0.2, 0.25) is 5.02 Å². The maximum absolute atomic E-state index is 8.73. The lowest BCUT2D eigenvalue weighted by atomic mass is 10.1. The monoisotopic (exact) mass is 328 g/mol. The van der Waals surface area contributed by atoms with Crippen molar-refractivity contribution in [2.75, 3.05) is 18.0 Å². The summed E-state index contributed by atoms with van der Waals surface area (Å²) in [5.74, 6) is 0.538. The van der Waals surface area contributed by atoms with Crippen molar-refractivity contribution in [2.24, 2.45) is 5.92 Å². The molecule has 0 aliphatic heterocycles. The van der Waals surface area contributed by atoms with Crippen LogP contribution in [0.15, 0.2) is 18.2 Å². The van der Waals surface area contributed by atoms with Gasteiger partial charge in [0, 0.05) is 18.4 Å². The second kappa shape index (κ2) is 7.66. The summed E-state index contributed by atoms with van der Waals surface area (Å²) in [7, 11) is 0. The molecule has 0 aromatic heterocycles. The van der Waals surface area contributed by atoms with Crippen LogP contribution in [0.1, 0.15) is 25.8 Å². The molecule has 18 heavy (non-hydrogen) atoms. The Balaban J connectivity index is 2.93. The molecule has 0 heterocycles. The zero-order valence-corrected chi connectivity index (χ0v) is 13.1. The van der Waals surface area contributed by atoms with Crippen molar-refractivity contribution >= 4 is 33.2 Å². The lowest BCUT2D eigenvalue weighted by molar-refractivity contribution is 0.612. The van der Waals surface area contributed by atoms with Crippen LogP contribution in [0.5, 0.6) is 0 Å². The number of nitriles is 1. The summed E-state index contributed by atoms with van der Waals surface area (Å²) in [6.45, 7) is 5.97. The molecule has 98 valence electrons. The van der Waals surface area contributed by atoms with E-state index in [4.69, 9.17) is 16.9 Å². The summed E-state index contributed by atoms with van der Waals surface area (Å²) in [6, 6.07) is 8.27. The van der Waals surface area contributed by atoms with Gasteiger partial charge in [0.2, 0.25) is 0 Å². The van der Waals surface area contributed by atoms with Crippen LogP contribution in [0.25, 0.3) is 0 Å². The Kier molecular flexibility index (Phi) is 6.52. The van der Waals surface area contributed by atoms with Gasteiger partial charge in [-0.05, 0) is 23.6 Å². The number of nitrogens with zero attached hydrogens (tertiary/aromatic N) is 2. The van der Waals surface area contributed by atoms with Crippen molar-refractivity contribution in [1.82, 2.24) is 0 Å². The minimum atomic E-state index is 0.517. The molecule has 1 aromatic rings. The highest BCUT2D eigenvalue weighted by Gasteiger charge is 2.12. The van der Waals surface area contributed by atoms with E-state index in [9.17, 15) is 0 Å². The number of hydrogen-bond donors (Lipinski definition) is 0. The lowest BCUT2D eigenvalue weighted by Crippen LogP contribution is -2.28. The summed E-state index contributed by atoms with van der Waals surface area (Å²) in [5.41, 5.74) is 2.18. The fraction of sp³-hybridized carbons (Fsp3) is 0.500. The topological polar surface area (TPSA) is 27.0 Å². The van der Waals surface area contributed by atoms with Gasteiger partial charge < -0.3 is 4.90 Å². The van der Waals surface area contributed by atoms with E-state index < -0.39 is 0 Å². The van der Waals surface area contributed by atoms with E-state index in [0.717, 1.165) is 34.7 Å². The predicted molar refractivity (Wildman–Crippen MR) is 81.4 cm³/mol. The zero-order chi connectivity index (χ0) is 13.5. The van der Waals surface area contributed by atoms with E-state index in [0.29, 0.717) is 12.3 Å². The largest absolute Gasteiger partial charge is 0.369 e. The lowest BCUT2D eigenvalue weighted by Gasteiger charge is -2.27. The summed E-state index contributed by atoms with van der Waals surface area (Å²) >= 11 is 9.74. The molecule has 0 saturated heterocycles. The number of halogens is 2. The van der Waals surface area contributed by atoms with Gasteiger partial charge in [-0.25, -0.2) is 0 Å². The Bertz CT molecular complexity index is 426. The third kappa shape index (κ3) is 4.51. The normalized spacial score (nSPS) is 10.4. The van der Waals surface area contributed by atoms with Crippen molar-refractivity contribution < 1.29 is 0 Å². The summed E-state index contributed by atoms with van der Waals surface area (Å²) < 4.78 is 0. The van der Waals surface area contributed by atoms with E-state index in [1.807, 2.05) is 12.1 Å². The molecule has 0 atom stereocenters. The zero-order valence-electron chi connectivity index (χ0n) is 10.8. The first-order valence-electron chi connectivity index (χ1n) is 6.04. The molecule has 0 aliphatic rings. The van der Waals surface area contributed by atoms with Crippen molar-refractivity contribution in [3.8, 4) is 6.07 Å². The molecule has 0 aliphatic carbocycles. The molecule has 0 radical (unpaired) electrons. The highest BCUT2D eigenvalue weighted by Crippen LogP contribution is 2.28. The number of alkyl halides is 1. The molecule has 1 rings (SSSR count). The van der Waals surface area contributed by atoms with Gasteiger partial charge in [-0.15, -0.1) is 0 Å². The summed E-state index contributed by atoms with van der Waals surface area (Å²) in [5, 5.41) is 10.3. The van der Waals surface area contributed by atoms with Crippen LogP contribution in [-0.2, 0) is 5.33 Å². The van der Waals surface area contributed by atoms with Crippen LogP contribution < -0.4 is 4.90 Å². The number of hydrogen-bond acceptors (Lipinski definition) is 2. The van der Waals surface area contributed by atoms with E-state index >= 15 is 0 Å². The Morgan fingerprint density at radius 1 is 1.44 bits per heavy atom. The third-order valence-electron chi connectivity index (χ3n) is 2.59. The molecule has 1 aromatic carbocycles. The van der Waals surface area contributed by atoms with Gasteiger partial charge in [0.05, 0.1) is 23.2 Å². The van der Waals surface area contributed by atoms with Crippen LogP contribution in [0.3, 0.4) is 0 Å². The van der Waals surface area contributed by atoms with E-state index in [1.165, 1.54) is 0 Å². The van der Waals surface area contributed by atoms with Gasteiger partial charge in [0.15, 0.2) is 0 Å². The van der Waals surface area contributed by atoms with Crippen LogP contribution in [-0.4, -0.2) is 13.1 Å². The fourth-order valence-electron chi connectivity index (χ4n) is 1.83. The average molecular weight is 330 g/mol. The van der Waals surface area contributed by atoms with Crippen LogP contribution in [0.4, 0.5) is 5.69 Å². The molecule has 2 nitrogen and oxygen atoms in total. The third-order valence-corrected chi connectivity index (χ3v) is 3.54.